The molecule has 2 aliphatic rings. The number of fused-ring (bicyclic) bond motifs is 10. The van der Waals surface area contributed by atoms with Crippen LogP contribution in [0.2, 0.25) is 0 Å². The van der Waals surface area contributed by atoms with Crippen LogP contribution in [0.1, 0.15) is 47.2 Å². The largest absolute Gasteiger partial charge is 0.228 e. The SMILES string of the molecule is CC1(C)c2ccccc2C2(c3ccccc3-c3c(-c4nc(-c5ccccc5)c5ccccc5n4)cccc32)c2ccccc21. The monoisotopic (exact) mass is 562 g/mol. The normalized spacial score (nSPS) is 15.0. The zero-order chi connectivity index (χ0) is 29.5. The van der Waals surface area contributed by atoms with Crippen LogP contribution < -0.4 is 0 Å². The van der Waals surface area contributed by atoms with Crippen molar-refractivity contribution < 1.29 is 0 Å². The van der Waals surface area contributed by atoms with Gasteiger partial charge in [-0.15, -0.1) is 0 Å². The Balaban J connectivity index is 1.41. The zero-order valence-corrected chi connectivity index (χ0v) is 24.8. The summed E-state index contributed by atoms with van der Waals surface area (Å²) in [7, 11) is 0. The van der Waals surface area contributed by atoms with E-state index < -0.39 is 5.41 Å². The molecule has 1 heterocycles. The Bertz CT molecular complexity index is 2210. The molecule has 0 saturated heterocycles. The summed E-state index contributed by atoms with van der Waals surface area (Å²) in [4.78, 5) is 10.5. The fraction of sp³-hybridized carbons (Fsp3) is 0.0952. The van der Waals surface area contributed by atoms with Crippen LogP contribution in [0.25, 0.3) is 44.7 Å². The van der Waals surface area contributed by atoms with Crippen LogP contribution in [0.4, 0.5) is 0 Å². The van der Waals surface area contributed by atoms with Gasteiger partial charge in [-0.2, -0.15) is 0 Å². The molecule has 2 aliphatic carbocycles. The van der Waals surface area contributed by atoms with Crippen LogP contribution >= 0.6 is 0 Å². The Kier molecular flexibility index (Phi) is 5.20. The highest BCUT2D eigenvalue weighted by atomic mass is 14.9. The first-order valence-corrected chi connectivity index (χ1v) is 15.4. The first-order chi connectivity index (χ1) is 21.6. The van der Waals surface area contributed by atoms with Gasteiger partial charge in [-0.05, 0) is 50.6 Å². The molecule has 7 aromatic rings. The molecule has 2 heteroatoms. The molecular weight excluding hydrogens is 532 g/mol. The van der Waals surface area contributed by atoms with Crippen molar-refractivity contribution in [2.45, 2.75) is 24.7 Å². The molecule has 0 amide bonds. The van der Waals surface area contributed by atoms with E-state index in [2.05, 4.69) is 159 Å². The molecule has 208 valence electrons. The predicted molar refractivity (Wildman–Crippen MR) is 180 cm³/mol. The van der Waals surface area contributed by atoms with E-state index in [0.29, 0.717) is 0 Å². The van der Waals surface area contributed by atoms with Gasteiger partial charge in [0.05, 0.1) is 16.6 Å². The molecule has 0 aliphatic heterocycles. The number of aromatic nitrogens is 2. The summed E-state index contributed by atoms with van der Waals surface area (Å²) < 4.78 is 0. The topological polar surface area (TPSA) is 25.8 Å². The highest BCUT2D eigenvalue weighted by Crippen LogP contribution is 2.63. The lowest BCUT2D eigenvalue weighted by molar-refractivity contribution is 0.563. The minimum atomic E-state index is -0.441. The second-order valence-corrected chi connectivity index (χ2v) is 12.5. The molecule has 0 fully saturated rings. The molecule has 44 heavy (non-hydrogen) atoms. The fourth-order valence-electron chi connectivity index (χ4n) is 8.11. The molecule has 2 nitrogen and oxygen atoms in total. The second kappa shape index (κ2) is 9.08. The highest BCUT2D eigenvalue weighted by molar-refractivity contribution is 5.98. The fourth-order valence-corrected chi connectivity index (χ4v) is 8.11. The van der Waals surface area contributed by atoms with Gasteiger partial charge < -0.3 is 0 Å². The van der Waals surface area contributed by atoms with Gasteiger partial charge in [0, 0.05) is 21.9 Å². The number of hydrogen-bond acceptors (Lipinski definition) is 2. The Hall–Kier alpha value is -5.34. The van der Waals surface area contributed by atoms with Crippen LogP contribution in [0.15, 0.2) is 146 Å². The molecule has 1 aromatic heterocycles. The van der Waals surface area contributed by atoms with Crippen molar-refractivity contribution in [3.05, 3.63) is 179 Å². The predicted octanol–water partition coefficient (Wildman–Crippen LogP) is 9.97. The molecular formula is C42H30N2. The summed E-state index contributed by atoms with van der Waals surface area (Å²) in [6.07, 6.45) is 0. The third kappa shape index (κ3) is 3.20. The Morgan fingerprint density at radius 2 is 0.977 bits per heavy atom. The molecule has 0 radical (unpaired) electrons. The quantitative estimate of drug-likeness (QED) is 0.210. The van der Waals surface area contributed by atoms with E-state index in [0.717, 1.165) is 33.5 Å². The van der Waals surface area contributed by atoms with Gasteiger partial charge in [0.15, 0.2) is 5.82 Å². The van der Waals surface area contributed by atoms with Gasteiger partial charge in [-0.3, -0.25) is 0 Å². The average molecular weight is 563 g/mol. The average Bonchev–Trinajstić information content (AvgIpc) is 3.38. The van der Waals surface area contributed by atoms with Gasteiger partial charge in [0.25, 0.3) is 0 Å². The van der Waals surface area contributed by atoms with Gasteiger partial charge in [0.2, 0.25) is 0 Å². The van der Waals surface area contributed by atoms with E-state index in [1.54, 1.807) is 0 Å². The molecule has 0 N–H and O–H groups in total. The maximum Gasteiger partial charge on any atom is 0.161 e. The third-order valence-electron chi connectivity index (χ3n) is 9.97. The van der Waals surface area contributed by atoms with Crippen molar-refractivity contribution in [2.75, 3.05) is 0 Å². The van der Waals surface area contributed by atoms with Crippen LogP contribution in [-0.4, -0.2) is 9.97 Å². The summed E-state index contributed by atoms with van der Waals surface area (Å²) >= 11 is 0. The summed E-state index contributed by atoms with van der Waals surface area (Å²) in [5, 5.41) is 1.06. The molecule has 0 unspecified atom stereocenters. The van der Waals surface area contributed by atoms with Crippen molar-refractivity contribution in [1.29, 1.82) is 0 Å². The molecule has 1 spiro atoms. The minimum Gasteiger partial charge on any atom is -0.228 e. The van der Waals surface area contributed by atoms with Gasteiger partial charge in [-0.25, -0.2) is 9.97 Å². The van der Waals surface area contributed by atoms with Crippen LogP contribution in [0, 0.1) is 0 Å². The van der Waals surface area contributed by atoms with E-state index in [9.17, 15) is 0 Å². The van der Waals surface area contributed by atoms with E-state index >= 15 is 0 Å². The molecule has 0 atom stereocenters. The number of rotatable bonds is 2. The minimum absolute atomic E-state index is 0.125. The maximum atomic E-state index is 5.33. The molecule has 9 rings (SSSR count). The number of hydrogen-bond donors (Lipinski definition) is 0. The van der Waals surface area contributed by atoms with E-state index in [1.165, 1.54) is 44.5 Å². The van der Waals surface area contributed by atoms with Crippen molar-refractivity contribution in [3.63, 3.8) is 0 Å². The summed E-state index contributed by atoms with van der Waals surface area (Å²) in [6, 6.07) is 52.7. The summed E-state index contributed by atoms with van der Waals surface area (Å²) in [5.41, 5.74) is 14.1. The zero-order valence-electron chi connectivity index (χ0n) is 24.8. The Morgan fingerprint density at radius 3 is 1.70 bits per heavy atom. The lowest BCUT2D eigenvalue weighted by Gasteiger charge is -2.46. The molecule has 6 aromatic carbocycles. The number of benzene rings is 6. The van der Waals surface area contributed by atoms with Crippen LogP contribution in [-0.2, 0) is 10.8 Å². The third-order valence-corrected chi connectivity index (χ3v) is 9.97. The smallest absolute Gasteiger partial charge is 0.161 e. The standard InChI is InChI=1S/C42H30N2/c1-41(2)32-21-9-11-23-34(32)42(35-24-12-10-22-33(35)41)31-20-8-6-17-28(31)38-30(19-14-25-36(38)42)40-43-37-26-13-7-18-29(37)39(44-40)27-15-4-3-5-16-27/h3-26H,1-2H3. The van der Waals surface area contributed by atoms with Crippen molar-refractivity contribution in [2.24, 2.45) is 0 Å². The lowest BCUT2D eigenvalue weighted by Crippen LogP contribution is -2.40. The first kappa shape index (κ1) is 25.2. The van der Waals surface area contributed by atoms with E-state index in [-0.39, 0.29) is 5.41 Å². The van der Waals surface area contributed by atoms with Gasteiger partial charge >= 0.3 is 0 Å². The Labute approximate surface area is 257 Å². The first-order valence-electron chi connectivity index (χ1n) is 15.4. The molecule has 0 bridgehead atoms. The lowest BCUT2D eigenvalue weighted by atomic mass is 9.55. The summed E-state index contributed by atoms with van der Waals surface area (Å²) in [6.45, 7) is 4.73. The van der Waals surface area contributed by atoms with Crippen LogP contribution in [0.3, 0.4) is 0 Å². The molecule has 0 saturated carbocycles. The highest BCUT2D eigenvalue weighted by Gasteiger charge is 2.53. The van der Waals surface area contributed by atoms with Crippen LogP contribution in [0.5, 0.6) is 0 Å². The summed E-state index contributed by atoms with van der Waals surface area (Å²) in [5.74, 6) is 0.754. The number of para-hydroxylation sites is 1. The van der Waals surface area contributed by atoms with Crippen molar-refractivity contribution >= 4 is 10.9 Å². The van der Waals surface area contributed by atoms with Crippen molar-refractivity contribution in [1.82, 2.24) is 9.97 Å². The van der Waals surface area contributed by atoms with Crippen molar-refractivity contribution in [3.8, 4) is 33.8 Å². The van der Waals surface area contributed by atoms with E-state index in [4.69, 9.17) is 9.97 Å². The van der Waals surface area contributed by atoms with Gasteiger partial charge in [-0.1, -0.05) is 153 Å². The second-order valence-electron chi connectivity index (χ2n) is 12.5. The van der Waals surface area contributed by atoms with Gasteiger partial charge in [0.1, 0.15) is 0 Å². The maximum absolute atomic E-state index is 5.33. The van der Waals surface area contributed by atoms with E-state index in [1.807, 2.05) is 0 Å². The Morgan fingerprint density at radius 1 is 0.432 bits per heavy atom. The number of nitrogens with zero attached hydrogens (tertiary/aromatic N) is 2.